The number of aromatic nitrogens is 2. The molecule has 0 bridgehead atoms. The maximum absolute atomic E-state index is 11.2. The number of aryl methyl sites for hydroxylation is 1. The third-order valence-corrected chi connectivity index (χ3v) is 1.80. The molecule has 1 heterocycles. The van der Waals surface area contributed by atoms with Gasteiger partial charge in [-0.2, -0.15) is 5.10 Å². The molecule has 0 saturated heterocycles. The van der Waals surface area contributed by atoms with Gasteiger partial charge in [0.25, 0.3) is 0 Å². The smallest absolute Gasteiger partial charge is 0.303 e. The number of hydrogen-bond donors (Lipinski definition) is 2. The second-order valence-electron chi connectivity index (χ2n) is 3.00. The lowest BCUT2D eigenvalue weighted by molar-refractivity contribution is -0.138. The number of nitrogens with one attached hydrogen (secondary N) is 1. The predicted molar refractivity (Wildman–Crippen MR) is 53.4 cm³/mol. The molecule has 1 aromatic rings. The fourth-order valence-corrected chi connectivity index (χ4v) is 1.03. The van der Waals surface area contributed by atoms with E-state index in [2.05, 4.69) is 10.4 Å². The van der Waals surface area contributed by atoms with Gasteiger partial charge in [-0.05, 0) is 6.92 Å². The molecular formula is C9H13N3O3. The lowest BCUT2D eigenvalue weighted by atomic mass is 10.3. The molecule has 0 aliphatic carbocycles. The average Bonchev–Trinajstić information content (AvgIpc) is 2.62. The zero-order chi connectivity index (χ0) is 11.3. The Bertz CT molecular complexity index is 359. The van der Waals surface area contributed by atoms with E-state index >= 15 is 0 Å². The second-order valence-corrected chi connectivity index (χ2v) is 3.00. The van der Waals surface area contributed by atoms with Crippen LogP contribution in [0.1, 0.15) is 19.8 Å². The number of rotatable bonds is 5. The van der Waals surface area contributed by atoms with Crippen molar-refractivity contribution < 1.29 is 14.7 Å². The third-order valence-electron chi connectivity index (χ3n) is 1.80. The Kier molecular flexibility index (Phi) is 3.84. The zero-order valence-corrected chi connectivity index (χ0v) is 8.43. The highest BCUT2D eigenvalue weighted by molar-refractivity contribution is 5.91. The third kappa shape index (κ3) is 3.80. The molecule has 0 aliphatic heterocycles. The van der Waals surface area contributed by atoms with Gasteiger partial charge in [0.05, 0.1) is 6.42 Å². The Morgan fingerprint density at radius 2 is 2.27 bits per heavy atom. The van der Waals surface area contributed by atoms with Gasteiger partial charge in [-0.15, -0.1) is 0 Å². The van der Waals surface area contributed by atoms with Crippen molar-refractivity contribution in [3.63, 3.8) is 0 Å². The van der Waals surface area contributed by atoms with Crippen molar-refractivity contribution in [1.29, 1.82) is 0 Å². The van der Waals surface area contributed by atoms with Gasteiger partial charge in [0.15, 0.2) is 5.82 Å². The van der Waals surface area contributed by atoms with E-state index in [4.69, 9.17) is 5.11 Å². The molecule has 1 rings (SSSR count). The fourth-order valence-electron chi connectivity index (χ4n) is 1.03. The number of aliphatic carboxylic acids is 1. The molecular weight excluding hydrogens is 198 g/mol. The molecule has 0 aliphatic rings. The highest BCUT2D eigenvalue weighted by Crippen LogP contribution is 2.03. The van der Waals surface area contributed by atoms with Gasteiger partial charge in [0, 0.05) is 25.2 Å². The number of amides is 1. The monoisotopic (exact) mass is 211 g/mol. The maximum Gasteiger partial charge on any atom is 0.303 e. The van der Waals surface area contributed by atoms with Crippen LogP contribution in [0.25, 0.3) is 0 Å². The molecule has 2 N–H and O–H groups in total. The van der Waals surface area contributed by atoms with Gasteiger partial charge in [0.2, 0.25) is 5.91 Å². The van der Waals surface area contributed by atoms with Gasteiger partial charge in [0.1, 0.15) is 0 Å². The average molecular weight is 211 g/mol. The topological polar surface area (TPSA) is 84.2 Å². The Balaban J connectivity index is 2.40. The minimum absolute atomic E-state index is 0.0334. The summed E-state index contributed by atoms with van der Waals surface area (Å²) in [6, 6.07) is 1.67. The Hall–Kier alpha value is -1.85. The van der Waals surface area contributed by atoms with Crippen LogP contribution in [0.4, 0.5) is 5.82 Å². The van der Waals surface area contributed by atoms with Gasteiger partial charge >= 0.3 is 5.97 Å². The molecule has 0 aromatic carbocycles. The van der Waals surface area contributed by atoms with Gasteiger partial charge in [-0.1, -0.05) is 0 Å². The van der Waals surface area contributed by atoms with Crippen LogP contribution in [0.5, 0.6) is 0 Å². The molecule has 0 fully saturated rings. The van der Waals surface area contributed by atoms with Crippen LogP contribution < -0.4 is 5.32 Å². The Labute approximate surface area is 86.9 Å². The summed E-state index contributed by atoms with van der Waals surface area (Å²) in [5.74, 6) is -0.866. The summed E-state index contributed by atoms with van der Waals surface area (Å²) in [6.45, 7) is 2.66. The lowest BCUT2D eigenvalue weighted by Gasteiger charge is -1.99. The molecule has 6 heteroatoms. The van der Waals surface area contributed by atoms with Crippen molar-refractivity contribution in [3.8, 4) is 0 Å². The van der Waals surface area contributed by atoms with E-state index in [-0.39, 0.29) is 18.7 Å². The van der Waals surface area contributed by atoms with E-state index < -0.39 is 5.97 Å². The largest absolute Gasteiger partial charge is 0.481 e. The minimum atomic E-state index is -0.982. The number of carboxylic acid groups (broad SMARTS) is 1. The predicted octanol–water partition coefficient (Wildman–Crippen LogP) is 0.706. The standard InChI is InChI=1S/C9H13N3O3/c1-2-12-6-5-7(11-12)10-8(13)3-4-9(14)15/h5-6H,2-4H2,1H3,(H,14,15)(H,10,11,13). The Morgan fingerprint density at radius 3 is 2.80 bits per heavy atom. The highest BCUT2D eigenvalue weighted by atomic mass is 16.4. The first-order valence-corrected chi connectivity index (χ1v) is 4.67. The van der Waals surface area contributed by atoms with Crippen LogP contribution >= 0.6 is 0 Å². The van der Waals surface area contributed by atoms with Crippen molar-refractivity contribution in [2.75, 3.05) is 5.32 Å². The van der Waals surface area contributed by atoms with E-state index in [0.29, 0.717) is 5.82 Å². The van der Waals surface area contributed by atoms with Crippen molar-refractivity contribution in [2.24, 2.45) is 0 Å². The van der Waals surface area contributed by atoms with Gasteiger partial charge in [-0.25, -0.2) is 0 Å². The summed E-state index contributed by atoms with van der Waals surface area (Å²) >= 11 is 0. The number of hydrogen-bond acceptors (Lipinski definition) is 3. The number of carbonyl (C=O) groups excluding carboxylic acids is 1. The molecule has 1 amide bonds. The number of nitrogens with zero attached hydrogens (tertiary/aromatic N) is 2. The van der Waals surface area contributed by atoms with Crippen LogP contribution in [0.2, 0.25) is 0 Å². The fraction of sp³-hybridized carbons (Fsp3) is 0.444. The Morgan fingerprint density at radius 1 is 1.53 bits per heavy atom. The molecule has 1 aromatic heterocycles. The summed E-state index contributed by atoms with van der Waals surface area (Å²) in [5, 5.41) is 14.9. The maximum atomic E-state index is 11.2. The van der Waals surface area contributed by atoms with Crippen molar-refractivity contribution in [3.05, 3.63) is 12.3 Å². The SMILES string of the molecule is CCn1ccc(NC(=O)CCC(=O)O)n1. The summed E-state index contributed by atoms with van der Waals surface area (Å²) in [4.78, 5) is 21.4. The van der Waals surface area contributed by atoms with Crippen molar-refractivity contribution >= 4 is 17.7 Å². The van der Waals surface area contributed by atoms with E-state index in [0.717, 1.165) is 6.54 Å². The van der Waals surface area contributed by atoms with E-state index in [1.54, 1.807) is 16.9 Å². The molecule has 0 radical (unpaired) electrons. The quantitative estimate of drug-likeness (QED) is 0.751. The summed E-state index contributed by atoms with van der Waals surface area (Å²) in [7, 11) is 0. The lowest BCUT2D eigenvalue weighted by Crippen LogP contribution is -2.13. The molecule has 0 unspecified atom stereocenters. The minimum Gasteiger partial charge on any atom is -0.481 e. The number of anilines is 1. The second kappa shape index (κ2) is 5.14. The molecule has 15 heavy (non-hydrogen) atoms. The first kappa shape index (κ1) is 11.2. The number of carbonyl (C=O) groups is 2. The zero-order valence-electron chi connectivity index (χ0n) is 8.43. The molecule has 0 saturated carbocycles. The van der Waals surface area contributed by atoms with Crippen LogP contribution in [0.15, 0.2) is 12.3 Å². The summed E-state index contributed by atoms with van der Waals surface area (Å²) < 4.78 is 1.67. The summed E-state index contributed by atoms with van der Waals surface area (Å²) in [6.07, 6.45) is 1.54. The van der Waals surface area contributed by atoms with E-state index in [1.807, 2.05) is 6.92 Å². The van der Waals surface area contributed by atoms with Gasteiger partial charge < -0.3 is 10.4 Å². The first-order chi connectivity index (χ1) is 7.11. The number of carboxylic acids is 1. The van der Waals surface area contributed by atoms with Crippen LogP contribution in [-0.4, -0.2) is 26.8 Å². The molecule has 0 spiro atoms. The highest BCUT2D eigenvalue weighted by Gasteiger charge is 2.06. The van der Waals surface area contributed by atoms with Gasteiger partial charge in [-0.3, -0.25) is 14.3 Å². The van der Waals surface area contributed by atoms with Crippen LogP contribution in [0.3, 0.4) is 0 Å². The first-order valence-electron chi connectivity index (χ1n) is 4.67. The van der Waals surface area contributed by atoms with E-state index in [9.17, 15) is 9.59 Å². The molecule has 0 atom stereocenters. The van der Waals surface area contributed by atoms with E-state index in [1.165, 1.54) is 0 Å². The normalized spacial score (nSPS) is 9.93. The summed E-state index contributed by atoms with van der Waals surface area (Å²) in [5.41, 5.74) is 0. The molecule has 6 nitrogen and oxygen atoms in total. The van der Waals surface area contributed by atoms with Crippen molar-refractivity contribution in [2.45, 2.75) is 26.3 Å². The van der Waals surface area contributed by atoms with Crippen molar-refractivity contribution in [1.82, 2.24) is 9.78 Å². The van der Waals surface area contributed by atoms with Crippen LogP contribution in [0, 0.1) is 0 Å². The molecule has 82 valence electrons. The van der Waals surface area contributed by atoms with Crippen LogP contribution in [-0.2, 0) is 16.1 Å².